The first-order valence-electron chi connectivity index (χ1n) is 8.96. The predicted octanol–water partition coefficient (Wildman–Crippen LogP) is 4.94. The van der Waals surface area contributed by atoms with Crippen molar-refractivity contribution in [2.45, 2.75) is 50.0 Å². The Morgan fingerprint density at radius 3 is 2.48 bits per heavy atom. The van der Waals surface area contributed by atoms with Crippen LogP contribution in [0.2, 0.25) is 10.0 Å². The molecular formula is C19H23Cl2N3O2S. The van der Waals surface area contributed by atoms with Gasteiger partial charge in [-0.3, -0.25) is 0 Å². The van der Waals surface area contributed by atoms with E-state index in [0.717, 1.165) is 32.4 Å². The minimum absolute atomic E-state index is 0.000625. The lowest BCUT2D eigenvalue weighted by molar-refractivity contribution is 0.237. The van der Waals surface area contributed by atoms with Gasteiger partial charge < -0.3 is 4.90 Å². The molecule has 1 saturated heterocycles. The first kappa shape index (κ1) is 20.4. The number of aromatic nitrogens is 2. The minimum atomic E-state index is -3.90. The third-order valence-corrected chi connectivity index (χ3v) is 8.26. The van der Waals surface area contributed by atoms with Crippen molar-refractivity contribution >= 4 is 38.9 Å². The summed E-state index contributed by atoms with van der Waals surface area (Å²) in [6.07, 6.45) is 4.86. The Morgan fingerprint density at radius 2 is 1.89 bits per heavy atom. The number of halogens is 2. The normalized spacial score (nSPS) is 17.1. The number of anilines is 1. The molecule has 1 aromatic heterocycles. The molecule has 2 aromatic rings. The van der Waals surface area contributed by atoms with Gasteiger partial charge in [0.25, 0.3) is 0 Å². The Bertz CT molecular complexity index is 955. The average molecular weight is 428 g/mol. The highest BCUT2D eigenvalue weighted by molar-refractivity contribution is 7.91. The van der Waals surface area contributed by atoms with Gasteiger partial charge >= 0.3 is 0 Å². The van der Waals surface area contributed by atoms with Gasteiger partial charge in [0.2, 0.25) is 9.84 Å². The summed E-state index contributed by atoms with van der Waals surface area (Å²) in [6, 6.07) is 4.52. The van der Waals surface area contributed by atoms with Crippen molar-refractivity contribution in [1.82, 2.24) is 9.97 Å². The number of piperidine rings is 1. The van der Waals surface area contributed by atoms with E-state index in [-0.39, 0.29) is 20.0 Å². The summed E-state index contributed by atoms with van der Waals surface area (Å²) in [5, 5.41) is 0.0948. The molecule has 1 aliphatic heterocycles. The van der Waals surface area contributed by atoms with Crippen molar-refractivity contribution in [1.29, 1.82) is 0 Å². The van der Waals surface area contributed by atoms with Gasteiger partial charge in [0.15, 0.2) is 5.03 Å². The van der Waals surface area contributed by atoms with Crippen molar-refractivity contribution in [3.05, 3.63) is 40.1 Å². The quantitative estimate of drug-likeness (QED) is 0.690. The van der Waals surface area contributed by atoms with Crippen molar-refractivity contribution in [2.24, 2.45) is 5.41 Å². The summed E-state index contributed by atoms with van der Waals surface area (Å²) >= 11 is 12.1. The fourth-order valence-corrected chi connectivity index (χ4v) is 5.40. The molecule has 0 spiro atoms. The van der Waals surface area contributed by atoms with E-state index in [1.165, 1.54) is 12.3 Å². The van der Waals surface area contributed by atoms with E-state index in [4.69, 9.17) is 23.2 Å². The number of aryl methyl sites for hydroxylation is 1. The fourth-order valence-electron chi connectivity index (χ4n) is 3.30. The van der Waals surface area contributed by atoms with Crippen LogP contribution >= 0.6 is 23.2 Å². The lowest BCUT2D eigenvalue weighted by atomic mass is 9.78. The monoisotopic (exact) mass is 427 g/mol. The maximum atomic E-state index is 13.0. The Hall–Kier alpha value is -1.37. The van der Waals surface area contributed by atoms with Crippen LogP contribution in [0.3, 0.4) is 0 Å². The van der Waals surface area contributed by atoms with Crippen LogP contribution in [-0.2, 0) is 9.84 Å². The molecule has 0 atom stereocenters. The molecule has 0 saturated carbocycles. The molecule has 3 rings (SSSR count). The Kier molecular flexibility index (Phi) is 5.71. The second-order valence-corrected chi connectivity index (χ2v) is 9.94. The Morgan fingerprint density at radius 1 is 1.22 bits per heavy atom. The number of sulfone groups is 1. The summed E-state index contributed by atoms with van der Waals surface area (Å²) in [7, 11) is -3.90. The lowest BCUT2D eigenvalue weighted by Crippen LogP contribution is -2.39. The van der Waals surface area contributed by atoms with Crippen LogP contribution in [0.1, 0.15) is 38.8 Å². The highest BCUT2D eigenvalue weighted by atomic mass is 35.5. The molecule has 0 N–H and O–H groups in total. The highest BCUT2D eigenvalue weighted by Gasteiger charge is 2.30. The third-order valence-electron chi connectivity index (χ3n) is 5.50. The van der Waals surface area contributed by atoms with E-state index < -0.39 is 9.84 Å². The SMILES string of the molecule is CCC1(C)CCN(c2cnc(S(=O)(=O)c3cccc(Cl)c3Cl)c(C)n2)CC1. The first-order valence-corrected chi connectivity index (χ1v) is 11.2. The molecular weight excluding hydrogens is 405 g/mol. The van der Waals surface area contributed by atoms with Gasteiger partial charge in [-0.1, -0.05) is 49.5 Å². The van der Waals surface area contributed by atoms with E-state index >= 15 is 0 Å². The van der Waals surface area contributed by atoms with Gasteiger partial charge in [0.1, 0.15) is 5.82 Å². The number of hydrogen-bond donors (Lipinski definition) is 0. The summed E-state index contributed by atoms with van der Waals surface area (Å²) in [4.78, 5) is 10.9. The van der Waals surface area contributed by atoms with Crippen molar-refractivity contribution in [3.63, 3.8) is 0 Å². The van der Waals surface area contributed by atoms with Gasteiger partial charge in [-0.25, -0.2) is 18.4 Å². The highest BCUT2D eigenvalue weighted by Crippen LogP contribution is 2.36. The molecule has 0 bridgehead atoms. The second-order valence-electron chi connectivity index (χ2n) is 7.33. The predicted molar refractivity (Wildman–Crippen MR) is 109 cm³/mol. The zero-order chi connectivity index (χ0) is 19.8. The summed E-state index contributed by atoms with van der Waals surface area (Å²) in [5.74, 6) is 0.710. The number of benzene rings is 1. The van der Waals surface area contributed by atoms with Crippen LogP contribution in [0.25, 0.3) is 0 Å². The Balaban J connectivity index is 1.90. The van der Waals surface area contributed by atoms with Crippen molar-refractivity contribution in [3.8, 4) is 0 Å². The molecule has 1 aromatic carbocycles. The van der Waals surface area contributed by atoms with Gasteiger partial charge in [-0.2, -0.15) is 0 Å². The van der Waals surface area contributed by atoms with E-state index in [1.54, 1.807) is 19.1 Å². The zero-order valence-electron chi connectivity index (χ0n) is 15.7. The number of hydrogen-bond acceptors (Lipinski definition) is 5. The van der Waals surface area contributed by atoms with Crippen LogP contribution in [0, 0.1) is 12.3 Å². The summed E-state index contributed by atoms with van der Waals surface area (Å²) in [5.41, 5.74) is 0.721. The number of rotatable bonds is 4. The summed E-state index contributed by atoms with van der Waals surface area (Å²) < 4.78 is 26.0. The van der Waals surface area contributed by atoms with Gasteiger partial charge in [-0.05, 0) is 37.3 Å². The van der Waals surface area contributed by atoms with E-state index in [0.29, 0.717) is 16.9 Å². The molecule has 0 radical (unpaired) electrons. The largest absolute Gasteiger partial charge is 0.355 e. The van der Waals surface area contributed by atoms with Crippen LogP contribution in [-0.4, -0.2) is 31.5 Å². The third kappa shape index (κ3) is 3.93. The minimum Gasteiger partial charge on any atom is -0.355 e. The first-order chi connectivity index (χ1) is 12.7. The van der Waals surface area contributed by atoms with Crippen molar-refractivity contribution in [2.75, 3.05) is 18.0 Å². The van der Waals surface area contributed by atoms with Gasteiger partial charge in [0.05, 0.1) is 26.8 Å². The van der Waals surface area contributed by atoms with Crippen molar-refractivity contribution < 1.29 is 8.42 Å². The topological polar surface area (TPSA) is 63.2 Å². The molecule has 5 nitrogen and oxygen atoms in total. The molecule has 2 heterocycles. The molecule has 146 valence electrons. The molecule has 27 heavy (non-hydrogen) atoms. The smallest absolute Gasteiger partial charge is 0.227 e. The molecule has 8 heteroatoms. The Labute approximate surface area is 170 Å². The number of nitrogens with zero attached hydrogens (tertiary/aromatic N) is 3. The van der Waals surface area contributed by atoms with E-state index in [2.05, 4.69) is 28.7 Å². The van der Waals surface area contributed by atoms with Crippen LogP contribution in [0.5, 0.6) is 0 Å². The molecule has 0 aliphatic carbocycles. The van der Waals surface area contributed by atoms with Crippen LogP contribution < -0.4 is 4.90 Å². The van der Waals surface area contributed by atoms with Gasteiger partial charge in [0, 0.05) is 13.1 Å². The standard InChI is InChI=1S/C19H23Cl2N3O2S/c1-4-19(3)8-10-24(11-9-19)16-12-22-18(13(2)23-16)27(25,26)15-7-5-6-14(20)17(15)21/h5-7,12H,4,8-11H2,1-3H3. The summed E-state index contributed by atoms with van der Waals surface area (Å²) in [6.45, 7) is 7.98. The maximum Gasteiger partial charge on any atom is 0.227 e. The molecule has 1 aliphatic rings. The average Bonchev–Trinajstić information content (AvgIpc) is 2.64. The van der Waals surface area contributed by atoms with Crippen LogP contribution in [0.15, 0.2) is 34.3 Å². The molecule has 1 fully saturated rings. The zero-order valence-corrected chi connectivity index (χ0v) is 18.0. The fraction of sp³-hybridized carbons (Fsp3) is 0.474. The van der Waals surface area contributed by atoms with E-state index in [9.17, 15) is 8.42 Å². The maximum absolute atomic E-state index is 13.0. The van der Waals surface area contributed by atoms with Gasteiger partial charge in [-0.15, -0.1) is 0 Å². The molecule has 0 unspecified atom stereocenters. The van der Waals surface area contributed by atoms with E-state index in [1.807, 2.05) is 0 Å². The van der Waals surface area contributed by atoms with Crippen LogP contribution in [0.4, 0.5) is 5.82 Å². The molecule has 0 amide bonds. The lowest BCUT2D eigenvalue weighted by Gasteiger charge is -2.39. The second kappa shape index (κ2) is 7.57.